The molecular formula is C27H41N7O2. The summed E-state index contributed by atoms with van der Waals surface area (Å²) in [5.74, 6) is 1.25. The summed E-state index contributed by atoms with van der Waals surface area (Å²) in [6, 6.07) is 8.83. The summed E-state index contributed by atoms with van der Waals surface area (Å²) < 4.78 is 5.33. The van der Waals surface area contributed by atoms with Crippen molar-refractivity contribution in [3.05, 3.63) is 35.5 Å². The van der Waals surface area contributed by atoms with Gasteiger partial charge in [-0.2, -0.15) is 4.98 Å². The molecule has 9 nitrogen and oxygen atoms in total. The van der Waals surface area contributed by atoms with Crippen molar-refractivity contribution in [2.45, 2.75) is 84.5 Å². The molecule has 0 saturated heterocycles. The molecule has 0 radical (unpaired) electrons. The number of aryl methyl sites for hydroxylation is 1. The smallest absolute Gasteiger partial charge is 0.407 e. The Labute approximate surface area is 215 Å². The van der Waals surface area contributed by atoms with Gasteiger partial charge in [0, 0.05) is 30.5 Å². The molecule has 0 atom stereocenters. The van der Waals surface area contributed by atoms with Gasteiger partial charge in [-0.15, -0.1) is 0 Å². The molecule has 1 aromatic heterocycles. The molecule has 0 unspecified atom stereocenters. The molecule has 0 spiro atoms. The second kappa shape index (κ2) is 12.2. The van der Waals surface area contributed by atoms with Crippen LogP contribution >= 0.6 is 0 Å². The standard InChI is InChI=1S/C27H41N7O2/c1-8-28-23-18(2)30-25(32-20-12-14-22(15-13-20)34(6)7)33-24(23)31-21-11-9-10-19(16-21)17-29-26(35)36-27(3,4)5/h8-11,16,20,22H,12-15,17H2,1-7H3,(H,29,35)(H2,30,31,32,33)/b28-8-/t20-,22-. The van der Waals surface area contributed by atoms with E-state index in [0.29, 0.717) is 36.1 Å². The molecular weight excluding hydrogens is 454 g/mol. The molecule has 1 fully saturated rings. The number of amides is 1. The fourth-order valence-electron chi connectivity index (χ4n) is 4.31. The van der Waals surface area contributed by atoms with E-state index in [1.54, 1.807) is 6.21 Å². The van der Waals surface area contributed by atoms with Gasteiger partial charge in [-0.3, -0.25) is 4.99 Å². The van der Waals surface area contributed by atoms with Crippen molar-refractivity contribution in [2.75, 3.05) is 24.7 Å². The van der Waals surface area contributed by atoms with Crippen molar-refractivity contribution >= 4 is 35.4 Å². The van der Waals surface area contributed by atoms with E-state index in [-0.39, 0.29) is 0 Å². The number of alkyl carbamates (subject to hydrolysis) is 1. The predicted octanol–water partition coefficient (Wildman–Crippen LogP) is 5.56. The lowest BCUT2D eigenvalue weighted by molar-refractivity contribution is 0.0523. The van der Waals surface area contributed by atoms with E-state index < -0.39 is 11.7 Å². The number of anilines is 3. The zero-order valence-electron chi connectivity index (χ0n) is 22.7. The maximum absolute atomic E-state index is 12.0. The Kier molecular flexibility index (Phi) is 9.25. The summed E-state index contributed by atoms with van der Waals surface area (Å²) in [7, 11) is 4.30. The minimum atomic E-state index is -0.536. The largest absolute Gasteiger partial charge is 0.444 e. The molecule has 1 heterocycles. The SMILES string of the molecule is C/C=N\c1c(C)nc(N[C@H]2CC[C@H](N(C)C)CC2)nc1Nc1cccc(CNC(=O)OC(C)(C)C)c1. The maximum Gasteiger partial charge on any atom is 0.407 e. The molecule has 1 saturated carbocycles. The Morgan fingerprint density at radius 3 is 2.56 bits per heavy atom. The lowest BCUT2D eigenvalue weighted by Gasteiger charge is -2.33. The van der Waals surface area contributed by atoms with Crippen LogP contribution in [0.25, 0.3) is 0 Å². The number of carbonyl (C=O) groups is 1. The number of nitrogens with zero attached hydrogens (tertiary/aromatic N) is 4. The Bertz CT molecular complexity index is 1050. The Hall–Kier alpha value is -3.20. The van der Waals surface area contributed by atoms with E-state index in [0.717, 1.165) is 42.6 Å². The maximum atomic E-state index is 12.0. The van der Waals surface area contributed by atoms with Crippen LogP contribution in [-0.4, -0.2) is 59.0 Å². The number of hydrogen-bond acceptors (Lipinski definition) is 8. The molecule has 0 aliphatic heterocycles. The quantitative estimate of drug-likeness (QED) is 0.412. The van der Waals surface area contributed by atoms with Gasteiger partial charge in [0.05, 0.1) is 5.69 Å². The van der Waals surface area contributed by atoms with Crippen LogP contribution in [0, 0.1) is 6.92 Å². The molecule has 36 heavy (non-hydrogen) atoms. The van der Waals surface area contributed by atoms with Crippen LogP contribution in [0.4, 0.5) is 27.9 Å². The van der Waals surface area contributed by atoms with Crippen molar-refractivity contribution in [2.24, 2.45) is 4.99 Å². The van der Waals surface area contributed by atoms with Crippen LogP contribution in [-0.2, 0) is 11.3 Å². The number of rotatable bonds is 8. The van der Waals surface area contributed by atoms with Crippen molar-refractivity contribution < 1.29 is 9.53 Å². The first-order valence-electron chi connectivity index (χ1n) is 12.7. The van der Waals surface area contributed by atoms with Gasteiger partial charge in [0.1, 0.15) is 11.3 Å². The van der Waals surface area contributed by atoms with Gasteiger partial charge < -0.3 is 25.6 Å². The van der Waals surface area contributed by atoms with Gasteiger partial charge in [-0.1, -0.05) is 12.1 Å². The molecule has 0 bridgehead atoms. The zero-order chi connectivity index (χ0) is 26.3. The van der Waals surface area contributed by atoms with E-state index >= 15 is 0 Å². The lowest BCUT2D eigenvalue weighted by atomic mass is 9.91. The number of aliphatic imine (C=N–C) groups is 1. The molecule has 9 heteroatoms. The van der Waals surface area contributed by atoms with E-state index in [9.17, 15) is 4.79 Å². The van der Waals surface area contributed by atoms with Crippen LogP contribution in [0.5, 0.6) is 0 Å². The molecule has 196 valence electrons. The fourth-order valence-corrected chi connectivity index (χ4v) is 4.31. The Morgan fingerprint density at radius 1 is 1.19 bits per heavy atom. The van der Waals surface area contributed by atoms with Crippen LogP contribution in [0.1, 0.15) is 64.6 Å². The molecule has 1 aliphatic rings. The van der Waals surface area contributed by atoms with Crippen LogP contribution in [0.3, 0.4) is 0 Å². The van der Waals surface area contributed by atoms with Crippen LogP contribution < -0.4 is 16.0 Å². The highest BCUT2D eigenvalue weighted by atomic mass is 16.6. The van der Waals surface area contributed by atoms with Crippen molar-refractivity contribution in [1.82, 2.24) is 20.2 Å². The third-order valence-electron chi connectivity index (χ3n) is 6.10. The molecule has 1 aromatic carbocycles. The zero-order valence-corrected chi connectivity index (χ0v) is 22.7. The van der Waals surface area contributed by atoms with E-state index in [1.807, 2.05) is 58.9 Å². The highest BCUT2D eigenvalue weighted by molar-refractivity contribution is 5.75. The first kappa shape index (κ1) is 27.4. The monoisotopic (exact) mass is 495 g/mol. The highest BCUT2D eigenvalue weighted by Crippen LogP contribution is 2.31. The second-order valence-electron chi connectivity index (χ2n) is 10.5. The summed E-state index contributed by atoms with van der Waals surface area (Å²) in [6.07, 6.45) is 5.81. The summed E-state index contributed by atoms with van der Waals surface area (Å²) in [4.78, 5) is 28.3. The van der Waals surface area contributed by atoms with Gasteiger partial charge in [0.25, 0.3) is 0 Å². The number of hydrogen-bond donors (Lipinski definition) is 3. The van der Waals surface area contributed by atoms with Crippen molar-refractivity contribution in [1.29, 1.82) is 0 Å². The summed E-state index contributed by atoms with van der Waals surface area (Å²) >= 11 is 0. The summed E-state index contributed by atoms with van der Waals surface area (Å²) in [5, 5.41) is 9.75. The number of benzene rings is 1. The van der Waals surface area contributed by atoms with E-state index in [1.165, 1.54) is 0 Å². The van der Waals surface area contributed by atoms with Crippen molar-refractivity contribution in [3.8, 4) is 0 Å². The summed E-state index contributed by atoms with van der Waals surface area (Å²) in [5.41, 5.74) is 2.76. The van der Waals surface area contributed by atoms with Gasteiger partial charge in [0.2, 0.25) is 5.95 Å². The number of aromatic nitrogens is 2. The predicted molar refractivity (Wildman–Crippen MR) is 147 cm³/mol. The van der Waals surface area contributed by atoms with Gasteiger partial charge in [-0.25, -0.2) is 9.78 Å². The Balaban J connectivity index is 1.73. The fraction of sp³-hybridized carbons (Fsp3) is 0.556. The molecule has 1 amide bonds. The highest BCUT2D eigenvalue weighted by Gasteiger charge is 2.23. The second-order valence-corrected chi connectivity index (χ2v) is 10.5. The topological polar surface area (TPSA) is 104 Å². The van der Waals surface area contributed by atoms with E-state index in [2.05, 4.69) is 39.9 Å². The average Bonchev–Trinajstić information content (AvgIpc) is 2.79. The van der Waals surface area contributed by atoms with Gasteiger partial charge in [-0.05, 0) is 92.1 Å². The molecule has 2 aromatic rings. The Morgan fingerprint density at radius 2 is 1.92 bits per heavy atom. The lowest BCUT2D eigenvalue weighted by Crippen LogP contribution is -2.36. The summed E-state index contributed by atoms with van der Waals surface area (Å²) in [6.45, 7) is 9.71. The van der Waals surface area contributed by atoms with Gasteiger partial charge >= 0.3 is 6.09 Å². The van der Waals surface area contributed by atoms with E-state index in [4.69, 9.17) is 14.7 Å². The van der Waals surface area contributed by atoms with Gasteiger partial charge in [0.15, 0.2) is 5.82 Å². The van der Waals surface area contributed by atoms with Crippen LogP contribution in [0.2, 0.25) is 0 Å². The minimum absolute atomic E-state index is 0.357. The molecule has 3 N–H and O–H groups in total. The third-order valence-corrected chi connectivity index (χ3v) is 6.10. The molecule has 1 aliphatic carbocycles. The van der Waals surface area contributed by atoms with Crippen molar-refractivity contribution in [3.63, 3.8) is 0 Å². The first-order valence-corrected chi connectivity index (χ1v) is 12.7. The number of nitrogens with one attached hydrogen (secondary N) is 3. The van der Waals surface area contributed by atoms with Crippen LogP contribution in [0.15, 0.2) is 29.3 Å². The third kappa shape index (κ3) is 8.19. The normalized spacial score (nSPS) is 18.3. The number of carbonyl (C=O) groups excluding carboxylic acids is 1. The number of ether oxygens (including phenoxy) is 1. The first-order chi connectivity index (χ1) is 17.0. The minimum Gasteiger partial charge on any atom is -0.444 e. The average molecular weight is 496 g/mol. The molecule has 3 rings (SSSR count).